The normalized spacial score (nSPS) is 51.4. The van der Waals surface area contributed by atoms with E-state index in [0.717, 1.165) is 30.6 Å². The van der Waals surface area contributed by atoms with E-state index in [-0.39, 0.29) is 6.10 Å². The minimum atomic E-state index is -0.551. The average molecular weight is 333 g/mol. The highest BCUT2D eigenvalue weighted by Crippen LogP contribution is 2.67. The van der Waals surface area contributed by atoms with Gasteiger partial charge in [-0.05, 0) is 99.7 Å². The molecule has 24 heavy (non-hydrogen) atoms. The Morgan fingerprint density at radius 3 is 2.50 bits per heavy atom. The molecule has 0 radical (unpaired) electrons. The summed E-state index contributed by atoms with van der Waals surface area (Å²) >= 11 is 0. The van der Waals surface area contributed by atoms with E-state index < -0.39 is 5.60 Å². The number of aliphatic hydroxyl groups excluding tert-OH is 1. The van der Waals surface area contributed by atoms with Gasteiger partial charge in [0.15, 0.2) is 0 Å². The molecule has 7 unspecified atom stereocenters. The Hall–Kier alpha value is -0.340. The van der Waals surface area contributed by atoms with Gasteiger partial charge < -0.3 is 10.2 Å². The topological polar surface area (TPSA) is 40.5 Å². The Labute approximate surface area is 147 Å². The number of hydrogen-bond acceptors (Lipinski definition) is 2. The zero-order valence-electron chi connectivity index (χ0n) is 16.0. The lowest BCUT2D eigenvalue weighted by Gasteiger charge is -2.58. The first-order chi connectivity index (χ1) is 11.2. The molecule has 0 aromatic carbocycles. The summed E-state index contributed by atoms with van der Waals surface area (Å²) in [6.07, 6.45) is 11.7. The van der Waals surface area contributed by atoms with Crippen LogP contribution in [0.5, 0.6) is 0 Å². The third-order valence-electron chi connectivity index (χ3n) is 8.93. The molecule has 7 atom stereocenters. The fourth-order valence-electron chi connectivity index (χ4n) is 7.80. The van der Waals surface area contributed by atoms with Crippen LogP contribution in [0.3, 0.4) is 0 Å². The van der Waals surface area contributed by atoms with E-state index in [1.807, 2.05) is 13.8 Å². The Kier molecular flexibility index (Phi) is 3.80. The highest BCUT2D eigenvalue weighted by molar-refractivity contribution is 5.25. The van der Waals surface area contributed by atoms with E-state index in [0.29, 0.717) is 16.7 Å². The van der Waals surface area contributed by atoms with Gasteiger partial charge in [0, 0.05) is 0 Å². The molecule has 0 aromatic rings. The SMILES string of the molecule is CC(C)(O)C1CCC2C3CC=C4CC(O)CCC4(C)C3CCC21C. The summed E-state index contributed by atoms with van der Waals surface area (Å²) in [7, 11) is 0. The maximum atomic E-state index is 10.7. The quantitative estimate of drug-likeness (QED) is 0.683. The van der Waals surface area contributed by atoms with Gasteiger partial charge in [-0.1, -0.05) is 25.5 Å². The number of allylic oxidation sites excluding steroid dienone is 1. The number of hydrogen-bond donors (Lipinski definition) is 2. The maximum Gasteiger partial charge on any atom is 0.0625 e. The van der Waals surface area contributed by atoms with Crippen molar-refractivity contribution in [2.24, 2.45) is 34.5 Å². The van der Waals surface area contributed by atoms with Gasteiger partial charge in [-0.25, -0.2) is 0 Å². The van der Waals surface area contributed by atoms with Crippen molar-refractivity contribution in [3.8, 4) is 0 Å². The van der Waals surface area contributed by atoms with Crippen LogP contribution in [0.4, 0.5) is 0 Å². The average Bonchev–Trinajstić information content (AvgIpc) is 2.85. The summed E-state index contributed by atoms with van der Waals surface area (Å²) in [5, 5.41) is 20.9. The Morgan fingerprint density at radius 2 is 1.79 bits per heavy atom. The van der Waals surface area contributed by atoms with Crippen LogP contribution in [0.1, 0.15) is 79.1 Å². The van der Waals surface area contributed by atoms with Crippen LogP contribution in [0.2, 0.25) is 0 Å². The lowest BCUT2D eigenvalue weighted by atomic mass is 9.47. The van der Waals surface area contributed by atoms with Crippen LogP contribution < -0.4 is 0 Å². The van der Waals surface area contributed by atoms with Gasteiger partial charge in [0.25, 0.3) is 0 Å². The molecule has 0 amide bonds. The van der Waals surface area contributed by atoms with Crippen molar-refractivity contribution in [2.75, 3.05) is 0 Å². The van der Waals surface area contributed by atoms with Crippen molar-refractivity contribution in [3.63, 3.8) is 0 Å². The molecule has 0 aromatic heterocycles. The fraction of sp³-hybridized carbons (Fsp3) is 0.909. The molecule has 2 heteroatoms. The third-order valence-corrected chi connectivity index (χ3v) is 8.93. The second kappa shape index (κ2) is 5.33. The maximum absolute atomic E-state index is 10.7. The van der Waals surface area contributed by atoms with Gasteiger partial charge in [0.2, 0.25) is 0 Å². The van der Waals surface area contributed by atoms with E-state index >= 15 is 0 Å². The molecule has 2 N–H and O–H groups in total. The molecule has 0 spiro atoms. The predicted octanol–water partition coefficient (Wildman–Crippen LogP) is 4.70. The Morgan fingerprint density at radius 1 is 1.04 bits per heavy atom. The van der Waals surface area contributed by atoms with Gasteiger partial charge >= 0.3 is 0 Å². The first-order valence-electron chi connectivity index (χ1n) is 10.3. The molecule has 3 fully saturated rings. The van der Waals surface area contributed by atoms with E-state index in [4.69, 9.17) is 0 Å². The first kappa shape index (κ1) is 17.1. The second-order valence-corrected chi connectivity index (χ2v) is 10.5. The van der Waals surface area contributed by atoms with Gasteiger partial charge in [-0.15, -0.1) is 0 Å². The van der Waals surface area contributed by atoms with Crippen molar-refractivity contribution >= 4 is 0 Å². The van der Waals surface area contributed by atoms with Gasteiger partial charge in [0.05, 0.1) is 11.7 Å². The molecular weight excluding hydrogens is 296 g/mol. The predicted molar refractivity (Wildman–Crippen MR) is 97.5 cm³/mol. The summed E-state index contributed by atoms with van der Waals surface area (Å²) in [4.78, 5) is 0. The molecular formula is C22H36O2. The summed E-state index contributed by atoms with van der Waals surface area (Å²) in [5.41, 5.74) is 1.65. The Bertz CT molecular complexity index is 545. The highest BCUT2D eigenvalue weighted by atomic mass is 16.3. The first-order valence-corrected chi connectivity index (χ1v) is 10.3. The monoisotopic (exact) mass is 332 g/mol. The van der Waals surface area contributed by atoms with Crippen LogP contribution in [-0.2, 0) is 0 Å². The van der Waals surface area contributed by atoms with E-state index in [2.05, 4.69) is 19.9 Å². The minimum absolute atomic E-state index is 0.110. The van der Waals surface area contributed by atoms with Crippen LogP contribution >= 0.6 is 0 Å². The zero-order chi connectivity index (χ0) is 17.3. The summed E-state index contributed by atoms with van der Waals surface area (Å²) in [6, 6.07) is 0. The van der Waals surface area contributed by atoms with Crippen LogP contribution in [0, 0.1) is 34.5 Å². The van der Waals surface area contributed by atoms with Crippen LogP contribution in [0.15, 0.2) is 11.6 Å². The second-order valence-electron chi connectivity index (χ2n) is 10.5. The van der Waals surface area contributed by atoms with E-state index in [9.17, 15) is 10.2 Å². The largest absolute Gasteiger partial charge is 0.393 e. The molecule has 0 bridgehead atoms. The van der Waals surface area contributed by atoms with Gasteiger partial charge in [-0.2, -0.15) is 0 Å². The zero-order valence-corrected chi connectivity index (χ0v) is 16.0. The third kappa shape index (κ3) is 2.28. The number of aliphatic hydroxyl groups is 2. The smallest absolute Gasteiger partial charge is 0.0625 e. The van der Waals surface area contributed by atoms with Crippen molar-refractivity contribution in [3.05, 3.63) is 11.6 Å². The van der Waals surface area contributed by atoms with Crippen molar-refractivity contribution in [1.82, 2.24) is 0 Å². The number of rotatable bonds is 1. The highest BCUT2D eigenvalue weighted by Gasteiger charge is 2.60. The van der Waals surface area contributed by atoms with Gasteiger partial charge in [-0.3, -0.25) is 0 Å². The van der Waals surface area contributed by atoms with Crippen LogP contribution in [0.25, 0.3) is 0 Å². The fourth-order valence-corrected chi connectivity index (χ4v) is 7.80. The molecule has 0 saturated heterocycles. The minimum Gasteiger partial charge on any atom is -0.393 e. The van der Waals surface area contributed by atoms with E-state index in [1.165, 1.54) is 38.5 Å². The standard InChI is InChI=1S/C22H36O2/c1-20(2,24)19-8-7-17-16-6-5-14-13-15(23)9-11-21(14,3)18(16)10-12-22(17,19)4/h5,15-19,23-24H,6-13H2,1-4H3. The molecule has 0 heterocycles. The molecule has 4 aliphatic rings. The summed E-state index contributed by atoms with van der Waals surface area (Å²) in [6.45, 7) is 9.03. The Balaban J connectivity index is 1.65. The van der Waals surface area contributed by atoms with Crippen molar-refractivity contribution < 1.29 is 10.2 Å². The molecule has 136 valence electrons. The summed E-state index contributed by atoms with van der Waals surface area (Å²) < 4.78 is 0. The molecule has 4 aliphatic carbocycles. The molecule has 0 aliphatic heterocycles. The van der Waals surface area contributed by atoms with Crippen molar-refractivity contribution in [1.29, 1.82) is 0 Å². The lowest BCUT2D eigenvalue weighted by molar-refractivity contribution is -0.0948. The molecule has 3 saturated carbocycles. The van der Waals surface area contributed by atoms with Gasteiger partial charge in [0.1, 0.15) is 0 Å². The summed E-state index contributed by atoms with van der Waals surface area (Å²) in [5.74, 6) is 2.81. The molecule has 4 rings (SSSR count). The van der Waals surface area contributed by atoms with Crippen LogP contribution in [-0.4, -0.2) is 21.9 Å². The number of fused-ring (bicyclic) bond motifs is 5. The van der Waals surface area contributed by atoms with E-state index in [1.54, 1.807) is 5.57 Å². The molecule has 2 nitrogen and oxygen atoms in total. The lowest BCUT2D eigenvalue weighted by Crippen LogP contribution is -2.52. The van der Waals surface area contributed by atoms with Crippen molar-refractivity contribution in [2.45, 2.75) is 90.8 Å².